The topological polar surface area (TPSA) is 30.9 Å². The molecule has 1 aliphatic rings. The molecule has 0 spiro atoms. The Bertz CT molecular complexity index is 298. The first kappa shape index (κ1) is 22.3. The van der Waals surface area contributed by atoms with Crippen molar-refractivity contribution in [3.8, 4) is 0 Å². The maximum Gasteiger partial charge on any atom is 0.193 e. The lowest BCUT2D eigenvalue weighted by atomic mass is 10.1. The van der Waals surface area contributed by atoms with Crippen LogP contribution in [-0.4, -0.2) is 73.6 Å². The summed E-state index contributed by atoms with van der Waals surface area (Å²) in [5, 5.41) is 3.46. The van der Waals surface area contributed by atoms with Gasteiger partial charge in [0.2, 0.25) is 0 Å². The van der Waals surface area contributed by atoms with Gasteiger partial charge < -0.3 is 15.1 Å². The molecule has 0 aromatic rings. The molecule has 4 nitrogen and oxygen atoms in total. The molecule has 0 aliphatic carbocycles. The van der Waals surface area contributed by atoms with E-state index in [2.05, 4.69) is 42.1 Å². The number of hydrogen-bond donors (Lipinski definition) is 1. The molecular weight excluding hydrogens is 407 g/mol. The zero-order valence-electron chi connectivity index (χ0n) is 14.8. The van der Waals surface area contributed by atoms with E-state index in [0.29, 0.717) is 0 Å². The minimum absolute atomic E-state index is 0. The second-order valence-electron chi connectivity index (χ2n) is 5.67. The van der Waals surface area contributed by atoms with Gasteiger partial charge in [0.1, 0.15) is 0 Å². The van der Waals surface area contributed by atoms with Gasteiger partial charge in [-0.1, -0.05) is 13.8 Å². The molecule has 1 rings (SSSR count). The van der Waals surface area contributed by atoms with Gasteiger partial charge in [-0.25, -0.2) is 0 Å². The lowest BCUT2D eigenvalue weighted by Crippen LogP contribution is -2.41. The predicted molar refractivity (Wildman–Crippen MR) is 112 cm³/mol. The number of rotatable bonds is 9. The fourth-order valence-electron chi connectivity index (χ4n) is 2.84. The molecule has 1 aliphatic heterocycles. The number of nitrogens with one attached hydrogen (secondary N) is 1. The van der Waals surface area contributed by atoms with E-state index in [-0.39, 0.29) is 24.0 Å². The third-order valence-electron chi connectivity index (χ3n) is 4.10. The molecule has 1 saturated heterocycles. The summed E-state index contributed by atoms with van der Waals surface area (Å²) in [6.07, 6.45) is 4.63. The largest absolute Gasteiger partial charge is 0.357 e. The van der Waals surface area contributed by atoms with E-state index in [4.69, 9.17) is 4.99 Å². The van der Waals surface area contributed by atoms with Crippen LogP contribution < -0.4 is 5.32 Å². The normalized spacial score (nSPS) is 18.7. The van der Waals surface area contributed by atoms with Gasteiger partial charge in [0, 0.05) is 32.7 Å². The van der Waals surface area contributed by atoms with Crippen molar-refractivity contribution < 1.29 is 0 Å². The lowest BCUT2D eigenvalue weighted by molar-refractivity contribution is 0.255. The van der Waals surface area contributed by atoms with E-state index in [9.17, 15) is 0 Å². The first-order valence-corrected chi connectivity index (χ1v) is 9.88. The van der Waals surface area contributed by atoms with Gasteiger partial charge in [0.05, 0.1) is 0 Å². The van der Waals surface area contributed by atoms with E-state index >= 15 is 0 Å². The summed E-state index contributed by atoms with van der Waals surface area (Å²) >= 11 is 1.90. The molecule has 0 saturated carbocycles. The highest BCUT2D eigenvalue weighted by molar-refractivity contribution is 14.0. The average Bonchev–Trinajstić information content (AvgIpc) is 2.96. The van der Waals surface area contributed by atoms with Crippen molar-refractivity contribution in [2.24, 2.45) is 10.9 Å². The quantitative estimate of drug-likeness (QED) is 0.258. The maximum absolute atomic E-state index is 4.79. The van der Waals surface area contributed by atoms with E-state index in [0.717, 1.165) is 51.1 Å². The van der Waals surface area contributed by atoms with Crippen molar-refractivity contribution in [3.63, 3.8) is 0 Å². The zero-order valence-corrected chi connectivity index (χ0v) is 18.0. The molecular formula is C16H35IN4S. The number of likely N-dealkylation sites (tertiary alicyclic amines) is 1. The molecule has 0 aromatic carbocycles. The first-order valence-electron chi connectivity index (χ1n) is 8.49. The number of guanidine groups is 1. The van der Waals surface area contributed by atoms with Crippen LogP contribution in [0.3, 0.4) is 0 Å². The molecule has 1 N–H and O–H groups in total. The number of halogens is 1. The van der Waals surface area contributed by atoms with Crippen LogP contribution in [0.5, 0.6) is 0 Å². The molecule has 132 valence electrons. The minimum Gasteiger partial charge on any atom is -0.357 e. The molecule has 0 aromatic heterocycles. The summed E-state index contributed by atoms with van der Waals surface area (Å²) in [7, 11) is 0. The van der Waals surface area contributed by atoms with Gasteiger partial charge in [-0.3, -0.25) is 4.99 Å². The Hall–Kier alpha value is 0.310. The summed E-state index contributed by atoms with van der Waals surface area (Å²) in [5.41, 5.74) is 0. The molecule has 22 heavy (non-hydrogen) atoms. The van der Waals surface area contributed by atoms with Gasteiger partial charge >= 0.3 is 0 Å². The Labute approximate surface area is 158 Å². The molecule has 6 heteroatoms. The first-order chi connectivity index (χ1) is 10.2. The summed E-state index contributed by atoms with van der Waals surface area (Å²) in [5.74, 6) is 3.12. The van der Waals surface area contributed by atoms with Gasteiger partial charge in [-0.05, 0) is 50.8 Å². The highest BCUT2D eigenvalue weighted by Crippen LogP contribution is 2.17. The molecule has 0 radical (unpaired) electrons. The van der Waals surface area contributed by atoms with E-state index < -0.39 is 0 Å². The van der Waals surface area contributed by atoms with Crippen molar-refractivity contribution >= 4 is 41.7 Å². The Morgan fingerprint density at radius 3 is 2.64 bits per heavy atom. The van der Waals surface area contributed by atoms with E-state index in [1.165, 1.54) is 25.1 Å². The van der Waals surface area contributed by atoms with Crippen LogP contribution in [0.25, 0.3) is 0 Å². The maximum atomic E-state index is 4.79. The molecule has 0 amide bonds. The Morgan fingerprint density at radius 2 is 2.05 bits per heavy atom. The third-order valence-corrected chi connectivity index (χ3v) is 4.80. The third kappa shape index (κ3) is 8.24. The number of aliphatic imine (C=N–C) groups is 1. The predicted octanol–water partition coefficient (Wildman–Crippen LogP) is 2.99. The van der Waals surface area contributed by atoms with E-state index in [1.807, 2.05) is 11.8 Å². The van der Waals surface area contributed by atoms with Crippen LogP contribution in [0, 0.1) is 5.92 Å². The standard InChI is InChI=1S/C16H34N4S.HI/c1-5-17-16(18-10-8-12-21-4)20-11-9-15(14-20)13-19(6-2)7-3;/h15H,5-14H2,1-4H3,(H,17,18);1H. The van der Waals surface area contributed by atoms with Crippen LogP contribution in [0.2, 0.25) is 0 Å². The molecule has 1 atom stereocenters. The second-order valence-corrected chi connectivity index (χ2v) is 6.65. The van der Waals surface area contributed by atoms with E-state index in [1.54, 1.807) is 0 Å². The smallest absolute Gasteiger partial charge is 0.193 e. The Morgan fingerprint density at radius 1 is 1.32 bits per heavy atom. The Kier molecular flexibility index (Phi) is 13.9. The highest BCUT2D eigenvalue weighted by Gasteiger charge is 2.25. The summed E-state index contributed by atoms with van der Waals surface area (Å²) in [6.45, 7) is 14.4. The van der Waals surface area contributed by atoms with Gasteiger partial charge in [-0.15, -0.1) is 24.0 Å². The monoisotopic (exact) mass is 442 g/mol. The number of nitrogens with zero attached hydrogens (tertiary/aromatic N) is 3. The van der Waals surface area contributed by atoms with Crippen LogP contribution in [-0.2, 0) is 0 Å². The van der Waals surface area contributed by atoms with Crippen molar-refractivity contribution in [1.29, 1.82) is 0 Å². The summed E-state index contributed by atoms with van der Waals surface area (Å²) in [4.78, 5) is 9.78. The van der Waals surface area contributed by atoms with Crippen LogP contribution in [0.1, 0.15) is 33.6 Å². The number of hydrogen-bond acceptors (Lipinski definition) is 3. The molecule has 1 fully saturated rings. The Balaban J connectivity index is 0.00000441. The SMILES string of the molecule is CCNC(=NCCCSC)N1CCC(CN(CC)CC)C1.I. The van der Waals surface area contributed by atoms with Crippen molar-refractivity contribution in [1.82, 2.24) is 15.1 Å². The zero-order chi connectivity index (χ0) is 15.5. The van der Waals surface area contributed by atoms with Crippen LogP contribution in [0.15, 0.2) is 4.99 Å². The van der Waals surface area contributed by atoms with Crippen molar-refractivity contribution in [2.75, 3.05) is 57.8 Å². The molecule has 0 bridgehead atoms. The van der Waals surface area contributed by atoms with Gasteiger partial charge in [0.25, 0.3) is 0 Å². The molecule has 1 heterocycles. The average molecular weight is 442 g/mol. The fraction of sp³-hybridized carbons (Fsp3) is 0.938. The fourth-order valence-corrected chi connectivity index (χ4v) is 3.26. The van der Waals surface area contributed by atoms with Crippen molar-refractivity contribution in [3.05, 3.63) is 0 Å². The highest BCUT2D eigenvalue weighted by atomic mass is 127. The summed E-state index contributed by atoms with van der Waals surface area (Å²) in [6, 6.07) is 0. The van der Waals surface area contributed by atoms with Gasteiger partial charge in [0.15, 0.2) is 5.96 Å². The van der Waals surface area contributed by atoms with Crippen LogP contribution >= 0.6 is 35.7 Å². The van der Waals surface area contributed by atoms with Crippen LogP contribution in [0.4, 0.5) is 0 Å². The number of thioether (sulfide) groups is 1. The molecule has 1 unspecified atom stereocenters. The van der Waals surface area contributed by atoms with Crippen molar-refractivity contribution in [2.45, 2.75) is 33.6 Å². The lowest BCUT2D eigenvalue weighted by Gasteiger charge is -2.24. The second kappa shape index (κ2) is 13.7. The minimum atomic E-state index is 0. The summed E-state index contributed by atoms with van der Waals surface area (Å²) < 4.78 is 0. The van der Waals surface area contributed by atoms with Gasteiger partial charge in [-0.2, -0.15) is 11.8 Å².